The van der Waals surface area contributed by atoms with E-state index in [9.17, 15) is 24.3 Å². The third kappa shape index (κ3) is 4.56. The van der Waals surface area contributed by atoms with Gasteiger partial charge >= 0.3 is 0 Å². The van der Waals surface area contributed by atoms with E-state index in [0.29, 0.717) is 32.2 Å². The number of aromatic hydroxyl groups is 1. The highest BCUT2D eigenvalue weighted by Crippen LogP contribution is 2.23. The Morgan fingerprint density at radius 2 is 1.89 bits per heavy atom. The maximum atomic E-state index is 12.8. The van der Waals surface area contributed by atoms with Gasteiger partial charge in [0, 0.05) is 25.3 Å². The van der Waals surface area contributed by atoms with Gasteiger partial charge in [-0.15, -0.1) is 0 Å². The van der Waals surface area contributed by atoms with Crippen molar-refractivity contribution in [2.24, 2.45) is 11.7 Å². The third-order valence-electron chi connectivity index (χ3n) is 5.41. The summed E-state index contributed by atoms with van der Waals surface area (Å²) in [6.45, 7) is 0.413. The Hall–Kier alpha value is -2.74. The summed E-state index contributed by atoms with van der Waals surface area (Å²) in [5, 5.41) is 11.7. The number of phenols is 1. The number of carbonyl (C=O) groups excluding carboxylic acids is 4. The molecule has 3 rings (SSSR count). The molecule has 3 amide bonds. The number of carbonyl (C=O) groups is 4. The number of Topliss-reactive ketones (excluding diaryl/α,β-unsaturated/α-hetero) is 1. The van der Waals surface area contributed by atoms with Crippen LogP contribution in [-0.2, 0) is 25.6 Å². The predicted octanol–water partition coefficient (Wildman–Crippen LogP) is 0.265. The van der Waals surface area contributed by atoms with E-state index in [2.05, 4.69) is 5.32 Å². The van der Waals surface area contributed by atoms with Crippen molar-refractivity contribution >= 4 is 23.5 Å². The van der Waals surface area contributed by atoms with E-state index in [1.54, 1.807) is 12.1 Å². The molecule has 2 aliphatic rings. The van der Waals surface area contributed by atoms with Crippen molar-refractivity contribution in [1.29, 1.82) is 0 Å². The van der Waals surface area contributed by atoms with Gasteiger partial charge < -0.3 is 15.7 Å². The fourth-order valence-corrected chi connectivity index (χ4v) is 3.83. The van der Waals surface area contributed by atoms with E-state index in [0.717, 1.165) is 5.56 Å². The number of amides is 3. The first kappa shape index (κ1) is 20.0. The van der Waals surface area contributed by atoms with E-state index in [-0.39, 0.29) is 30.3 Å². The van der Waals surface area contributed by atoms with Gasteiger partial charge in [0.1, 0.15) is 17.6 Å². The van der Waals surface area contributed by atoms with Crippen LogP contribution < -0.4 is 11.1 Å². The summed E-state index contributed by atoms with van der Waals surface area (Å²) in [7, 11) is 0. The summed E-state index contributed by atoms with van der Waals surface area (Å²) < 4.78 is 0. The van der Waals surface area contributed by atoms with Crippen LogP contribution in [-0.4, -0.2) is 52.1 Å². The Kier molecular flexibility index (Phi) is 6.08. The monoisotopic (exact) mass is 387 g/mol. The minimum absolute atomic E-state index is 0.0328. The lowest BCUT2D eigenvalue weighted by molar-refractivity contribution is -0.142. The maximum absolute atomic E-state index is 12.8. The number of likely N-dealkylation sites (tertiary alicyclic amines) is 1. The molecule has 0 spiro atoms. The fourth-order valence-electron chi connectivity index (χ4n) is 3.83. The van der Waals surface area contributed by atoms with Crippen molar-refractivity contribution in [2.45, 2.75) is 50.6 Å². The molecule has 4 N–H and O–H groups in total. The molecule has 2 fully saturated rings. The van der Waals surface area contributed by atoms with Crippen LogP contribution >= 0.6 is 0 Å². The zero-order valence-electron chi connectivity index (χ0n) is 15.6. The van der Waals surface area contributed by atoms with Gasteiger partial charge in [0.2, 0.25) is 17.7 Å². The number of nitrogens with two attached hydrogens (primary N) is 1. The maximum Gasteiger partial charge on any atom is 0.249 e. The Labute approximate surface area is 163 Å². The molecule has 0 radical (unpaired) electrons. The second kappa shape index (κ2) is 8.52. The van der Waals surface area contributed by atoms with Gasteiger partial charge in [-0.25, -0.2) is 0 Å². The molecule has 1 aromatic carbocycles. The van der Waals surface area contributed by atoms with Crippen molar-refractivity contribution < 1.29 is 24.3 Å². The molecule has 1 saturated carbocycles. The molecule has 0 aromatic heterocycles. The molecule has 1 aliphatic heterocycles. The molecule has 3 atom stereocenters. The number of nitrogens with zero attached hydrogens (tertiary/aromatic N) is 1. The summed E-state index contributed by atoms with van der Waals surface area (Å²) in [6, 6.07) is 4.90. The van der Waals surface area contributed by atoms with E-state index >= 15 is 0 Å². The first-order valence-electron chi connectivity index (χ1n) is 9.55. The number of ketones is 1. The average Bonchev–Trinajstić information content (AvgIpc) is 3.32. The molecule has 1 aromatic rings. The molecular formula is C20H25N3O5. The highest BCUT2D eigenvalue weighted by atomic mass is 16.3. The number of phenolic OH excluding ortho intramolecular Hbond substituents is 1. The molecule has 28 heavy (non-hydrogen) atoms. The zero-order chi connectivity index (χ0) is 20.3. The lowest BCUT2D eigenvalue weighted by Crippen LogP contribution is -2.53. The van der Waals surface area contributed by atoms with Crippen molar-refractivity contribution in [1.82, 2.24) is 10.2 Å². The highest BCUT2D eigenvalue weighted by molar-refractivity contribution is 6.02. The first-order valence-corrected chi connectivity index (χ1v) is 9.55. The van der Waals surface area contributed by atoms with Crippen LogP contribution in [0.1, 0.15) is 37.7 Å². The summed E-state index contributed by atoms with van der Waals surface area (Å²) in [6.07, 6.45) is 2.42. The minimum atomic E-state index is -0.818. The third-order valence-corrected chi connectivity index (χ3v) is 5.41. The molecule has 0 bridgehead atoms. The van der Waals surface area contributed by atoms with Gasteiger partial charge in [-0.05, 0) is 43.4 Å². The molecule has 1 unspecified atom stereocenters. The summed E-state index contributed by atoms with van der Waals surface area (Å²) >= 11 is 0. The second-order valence-electron chi connectivity index (χ2n) is 7.50. The van der Waals surface area contributed by atoms with E-state index in [1.165, 1.54) is 17.0 Å². The van der Waals surface area contributed by atoms with Gasteiger partial charge in [-0.3, -0.25) is 24.5 Å². The molecule has 1 heterocycles. The lowest BCUT2D eigenvalue weighted by atomic mass is 10.0. The summed E-state index contributed by atoms with van der Waals surface area (Å²) in [5.74, 6) is -1.58. The quantitative estimate of drug-likeness (QED) is 0.622. The van der Waals surface area contributed by atoms with Gasteiger partial charge in [0.05, 0.1) is 6.04 Å². The Morgan fingerprint density at radius 3 is 2.54 bits per heavy atom. The van der Waals surface area contributed by atoms with Crippen molar-refractivity contribution in [2.75, 3.05) is 6.54 Å². The van der Waals surface area contributed by atoms with Crippen LogP contribution in [0, 0.1) is 5.92 Å². The fraction of sp³-hybridized carbons (Fsp3) is 0.500. The molecule has 8 nitrogen and oxygen atoms in total. The largest absolute Gasteiger partial charge is 0.508 e. The average molecular weight is 387 g/mol. The van der Waals surface area contributed by atoms with Gasteiger partial charge in [0.15, 0.2) is 0 Å². The lowest BCUT2D eigenvalue weighted by Gasteiger charge is -2.26. The van der Waals surface area contributed by atoms with Crippen LogP contribution in [0.25, 0.3) is 0 Å². The van der Waals surface area contributed by atoms with Crippen LogP contribution in [0.15, 0.2) is 24.3 Å². The van der Waals surface area contributed by atoms with Gasteiger partial charge in [-0.1, -0.05) is 12.1 Å². The van der Waals surface area contributed by atoms with Gasteiger partial charge in [0.25, 0.3) is 0 Å². The number of nitrogens with one attached hydrogen (secondary N) is 1. The Morgan fingerprint density at radius 1 is 1.18 bits per heavy atom. The standard InChI is InChI=1S/C20H25N3O5/c21-16(10-12-3-6-14(24)7-4-12)20(28)23-9-1-2-17(23)19(27)22-18(26)13-5-8-15(25)11-13/h3-4,6-7,13,16-17,24H,1-2,5,8-11,21H2,(H,22,26,27)/t13?,16-,17-/m0/s1. The van der Waals surface area contributed by atoms with E-state index < -0.39 is 29.8 Å². The highest BCUT2D eigenvalue weighted by Gasteiger charge is 2.38. The summed E-state index contributed by atoms with van der Waals surface area (Å²) in [5.41, 5.74) is 6.86. The van der Waals surface area contributed by atoms with Crippen LogP contribution in [0.4, 0.5) is 0 Å². The first-order chi connectivity index (χ1) is 13.3. The normalized spacial score (nSPS) is 22.9. The number of benzene rings is 1. The van der Waals surface area contributed by atoms with Crippen molar-refractivity contribution in [3.63, 3.8) is 0 Å². The zero-order valence-corrected chi connectivity index (χ0v) is 15.6. The number of imide groups is 1. The Bertz CT molecular complexity index is 777. The number of rotatable bonds is 5. The predicted molar refractivity (Wildman–Crippen MR) is 100 cm³/mol. The van der Waals surface area contributed by atoms with Crippen molar-refractivity contribution in [3.05, 3.63) is 29.8 Å². The molecule has 8 heteroatoms. The van der Waals surface area contributed by atoms with Crippen LogP contribution in [0.3, 0.4) is 0 Å². The van der Waals surface area contributed by atoms with Crippen molar-refractivity contribution in [3.8, 4) is 5.75 Å². The Balaban J connectivity index is 1.58. The summed E-state index contributed by atoms with van der Waals surface area (Å²) in [4.78, 5) is 50.3. The van der Waals surface area contributed by atoms with Gasteiger partial charge in [-0.2, -0.15) is 0 Å². The van der Waals surface area contributed by atoms with Crippen LogP contribution in [0.2, 0.25) is 0 Å². The SMILES string of the molecule is N[C@@H](Cc1ccc(O)cc1)C(=O)N1CCC[C@H]1C(=O)NC(=O)C1CCC(=O)C1. The minimum Gasteiger partial charge on any atom is -0.508 e. The molecule has 150 valence electrons. The number of hydrogen-bond acceptors (Lipinski definition) is 6. The molecular weight excluding hydrogens is 362 g/mol. The topological polar surface area (TPSA) is 130 Å². The molecule has 1 aliphatic carbocycles. The smallest absolute Gasteiger partial charge is 0.249 e. The van der Waals surface area contributed by atoms with Crippen LogP contribution in [0.5, 0.6) is 5.75 Å². The van der Waals surface area contributed by atoms with E-state index in [1.807, 2.05) is 0 Å². The molecule has 1 saturated heterocycles. The van der Waals surface area contributed by atoms with E-state index in [4.69, 9.17) is 5.73 Å². The number of hydrogen-bond donors (Lipinski definition) is 3. The second-order valence-corrected chi connectivity index (χ2v) is 7.50.